The summed E-state index contributed by atoms with van der Waals surface area (Å²) in [5.41, 5.74) is -1.37. The molecule has 0 radical (unpaired) electrons. The second-order valence-corrected chi connectivity index (χ2v) is 4.37. The summed E-state index contributed by atoms with van der Waals surface area (Å²) < 4.78 is 65.9. The smallest absolute Gasteiger partial charge is 0.200 e. The molecule has 0 saturated carbocycles. The number of aldehydes is 1. The van der Waals surface area contributed by atoms with Crippen LogP contribution in [0.25, 0.3) is 0 Å². The average Bonchev–Trinajstić information content (AvgIpc) is 2.44. The van der Waals surface area contributed by atoms with Gasteiger partial charge >= 0.3 is 0 Å². The molecule has 20 heavy (non-hydrogen) atoms. The van der Waals surface area contributed by atoms with Gasteiger partial charge in [-0.05, 0) is 6.42 Å². The van der Waals surface area contributed by atoms with Crippen LogP contribution in [0.1, 0.15) is 37.9 Å². The average molecular weight is 296 g/mol. The SMILES string of the molecule is CCCC[C@@H](C=O)[C@@H](O)c1c(F)c(F)c(F)c(F)c1F. The maximum atomic E-state index is 13.5. The number of aliphatic hydroxyl groups is 1. The van der Waals surface area contributed by atoms with Crippen LogP contribution >= 0.6 is 0 Å². The summed E-state index contributed by atoms with van der Waals surface area (Å²) in [5, 5.41) is 9.74. The second-order valence-electron chi connectivity index (χ2n) is 4.37. The lowest BCUT2D eigenvalue weighted by atomic mass is 9.91. The van der Waals surface area contributed by atoms with Gasteiger partial charge in [0.2, 0.25) is 5.82 Å². The van der Waals surface area contributed by atoms with Crippen molar-refractivity contribution in [3.8, 4) is 0 Å². The number of hydrogen-bond donors (Lipinski definition) is 1. The minimum absolute atomic E-state index is 0.0840. The Labute approximate surface area is 112 Å². The van der Waals surface area contributed by atoms with Crippen LogP contribution in [-0.4, -0.2) is 11.4 Å². The van der Waals surface area contributed by atoms with Crippen molar-refractivity contribution in [1.82, 2.24) is 0 Å². The van der Waals surface area contributed by atoms with Crippen molar-refractivity contribution in [1.29, 1.82) is 0 Å². The molecule has 0 spiro atoms. The van der Waals surface area contributed by atoms with Crippen LogP contribution < -0.4 is 0 Å². The topological polar surface area (TPSA) is 37.3 Å². The number of rotatable bonds is 6. The highest BCUT2D eigenvalue weighted by Gasteiger charge is 2.33. The minimum Gasteiger partial charge on any atom is -0.387 e. The Morgan fingerprint density at radius 3 is 1.85 bits per heavy atom. The molecule has 112 valence electrons. The van der Waals surface area contributed by atoms with E-state index in [4.69, 9.17) is 0 Å². The third kappa shape index (κ3) is 2.98. The molecule has 0 fully saturated rings. The van der Waals surface area contributed by atoms with E-state index in [1.54, 1.807) is 6.92 Å². The highest BCUT2D eigenvalue weighted by atomic mass is 19.2. The fourth-order valence-corrected chi connectivity index (χ4v) is 1.84. The number of carbonyl (C=O) groups is 1. The quantitative estimate of drug-likeness (QED) is 0.378. The Kier molecular flexibility index (Phi) is 5.62. The zero-order valence-corrected chi connectivity index (χ0v) is 10.6. The molecular weight excluding hydrogens is 283 g/mol. The molecule has 1 aromatic carbocycles. The molecule has 0 aliphatic rings. The van der Waals surface area contributed by atoms with Gasteiger partial charge < -0.3 is 9.90 Å². The van der Waals surface area contributed by atoms with E-state index in [-0.39, 0.29) is 12.7 Å². The van der Waals surface area contributed by atoms with Gasteiger partial charge in [0.15, 0.2) is 23.3 Å². The number of unbranched alkanes of at least 4 members (excludes halogenated alkanes) is 1. The van der Waals surface area contributed by atoms with Gasteiger partial charge in [-0.2, -0.15) is 0 Å². The molecule has 0 amide bonds. The van der Waals surface area contributed by atoms with Crippen molar-refractivity contribution in [2.75, 3.05) is 0 Å². The lowest BCUT2D eigenvalue weighted by Gasteiger charge is -2.19. The van der Waals surface area contributed by atoms with E-state index in [2.05, 4.69) is 0 Å². The van der Waals surface area contributed by atoms with Gasteiger partial charge in [0.05, 0.1) is 11.7 Å². The van der Waals surface area contributed by atoms with Crippen LogP contribution in [0.5, 0.6) is 0 Å². The summed E-state index contributed by atoms with van der Waals surface area (Å²) in [5.74, 6) is -12.0. The van der Waals surface area contributed by atoms with E-state index in [1.807, 2.05) is 0 Å². The predicted molar refractivity (Wildman–Crippen MR) is 60.3 cm³/mol. The summed E-state index contributed by atoms with van der Waals surface area (Å²) in [6.07, 6.45) is -0.632. The van der Waals surface area contributed by atoms with Crippen LogP contribution in [0.4, 0.5) is 22.0 Å². The van der Waals surface area contributed by atoms with Gasteiger partial charge in [-0.3, -0.25) is 0 Å². The zero-order valence-electron chi connectivity index (χ0n) is 10.6. The first-order chi connectivity index (χ1) is 9.36. The minimum atomic E-state index is -2.30. The van der Waals surface area contributed by atoms with Crippen molar-refractivity contribution in [3.63, 3.8) is 0 Å². The third-order valence-electron chi connectivity index (χ3n) is 3.01. The Hall–Kier alpha value is -1.50. The zero-order chi connectivity index (χ0) is 15.4. The molecule has 1 aromatic rings. The molecule has 0 heterocycles. The van der Waals surface area contributed by atoms with Crippen molar-refractivity contribution >= 4 is 6.29 Å². The molecule has 0 aliphatic carbocycles. The fraction of sp³-hybridized carbons (Fsp3) is 0.462. The fourth-order valence-electron chi connectivity index (χ4n) is 1.84. The van der Waals surface area contributed by atoms with E-state index in [9.17, 15) is 31.9 Å². The molecule has 0 bridgehead atoms. The lowest BCUT2D eigenvalue weighted by Crippen LogP contribution is -2.19. The van der Waals surface area contributed by atoms with E-state index >= 15 is 0 Å². The van der Waals surface area contributed by atoms with E-state index in [0.29, 0.717) is 12.8 Å². The highest BCUT2D eigenvalue weighted by molar-refractivity contribution is 5.55. The number of aliphatic hydroxyl groups excluding tert-OH is 1. The van der Waals surface area contributed by atoms with Crippen molar-refractivity contribution < 1.29 is 31.9 Å². The van der Waals surface area contributed by atoms with Gasteiger partial charge in [0.25, 0.3) is 0 Å². The van der Waals surface area contributed by atoms with Crippen molar-refractivity contribution in [3.05, 3.63) is 34.6 Å². The third-order valence-corrected chi connectivity index (χ3v) is 3.01. The molecule has 0 aliphatic heterocycles. The van der Waals surface area contributed by atoms with E-state index < -0.39 is 46.7 Å². The van der Waals surface area contributed by atoms with Crippen LogP contribution in [0.2, 0.25) is 0 Å². The standard InChI is InChI=1S/C13H13F5O2/c1-2-3-4-6(5-19)13(20)7-8(14)10(16)12(18)11(17)9(7)15/h5-6,13,20H,2-4H2,1H3/t6-,13+/m0/s1. The maximum absolute atomic E-state index is 13.5. The number of halogens is 5. The highest BCUT2D eigenvalue weighted by Crippen LogP contribution is 2.32. The molecule has 1 rings (SSSR count). The first-order valence-corrected chi connectivity index (χ1v) is 6.01. The summed E-state index contributed by atoms with van der Waals surface area (Å²) >= 11 is 0. The van der Waals surface area contributed by atoms with Crippen molar-refractivity contribution in [2.24, 2.45) is 5.92 Å². The summed E-state index contributed by atoms with van der Waals surface area (Å²) in [7, 11) is 0. The molecule has 0 unspecified atom stereocenters. The van der Waals surface area contributed by atoms with Crippen LogP contribution in [0.15, 0.2) is 0 Å². The second kappa shape index (κ2) is 6.78. The predicted octanol–water partition coefficient (Wildman–Crippen LogP) is 3.42. The summed E-state index contributed by atoms with van der Waals surface area (Å²) in [6, 6.07) is 0. The molecule has 2 nitrogen and oxygen atoms in total. The first kappa shape index (κ1) is 16.6. The first-order valence-electron chi connectivity index (χ1n) is 6.01. The van der Waals surface area contributed by atoms with Gasteiger partial charge in [-0.1, -0.05) is 19.8 Å². The van der Waals surface area contributed by atoms with Gasteiger partial charge in [0.1, 0.15) is 6.29 Å². The van der Waals surface area contributed by atoms with Gasteiger partial charge in [0, 0.05) is 5.92 Å². The van der Waals surface area contributed by atoms with Crippen LogP contribution in [0.3, 0.4) is 0 Å². The number of hydrogen-bond acceptors (Lipinski definition) is 2. The Morgan fingerprint density at radius 2 is 1.45 bits per heavy atom. The van der Waals surface area contributed by atoms with Crippen LogP contribution in [-0.2, 0) is 4.79 Å². The Bertz CT molecular complexity index is 475. The normalized spacial score (nSPS) is 14.2. The largest absolute Gasteiger partial charge is 0.387 e. The molecule has 1 N–H and O–H groups in total. The Morgan fingerprint density at radius 1 is 1.00 bits per heavy atom. The number of carbonyl (C=O) groups excluding carboxylic acids is 1. The molecule has 0 saturated heterocycles. The molecular formula is C13H13F5O2. The number of benzene rings is 1. The van der Waals surface area contributed by atoms with Crippen molar-refractivity contribution in [2.45, 2.75) is 32.3 Å². The monoisotopic (exact) mass is 296 g/mol. The van der Waals surface area contributed by atoms with E-state index in [1.165, 1.54) is 0 Å². The summed E-state index contributed by atoms with van der Waals surface area (Å²) in [6.45, 7) is 1.78. The lowest BCUT2D eigenvalue weighted by molar-refractivity contribution is -0.114. The summed E-state index contributed by atoms with van der Waals surface area (Å²) in [4.78, 5) is 10.8. The maximum Gasteiger partial charge on any atom is 0.200 e. The molecule has 7 heteroatoms. The van der Waals surface area contributed by atoms with E-state index in [0.717, 1.165) is 0 Å². The van der Waals surface area contributed by atoms with Crippen LogP contribution in [0, 0.1) is 35.0 Å². The molecule has 2 atom stereocenters. The molecule has 0 aromatic heterocycles. The van der Waals surface area contributed by atoms with Gasteiger partial charge in [-0.15, -0.1) is 0 Å². The van der Waals surface area contributed by atoms with Gasteiger partial charge in [-0.25, -0.2) is 22.0 Å². The Balaban J connectivity index is 3.28.